The number of rotatable bonds is 4. The number of aliphatic carboxylic acids is 1. The van der Waals surface area contributed by atoms with E-state index >= 15 is 0 Å². The first-order valence-corrected chi connectivity index (χ1v) is 6.92. The monoisotopic (exact) mass is 246 g/mol. The normalized spacial score (nSPS) is 34.4. The van der Waals surface area contributed by atoms with Crippen LogP contribution in [0.2, 0.25) is 0 Å². The molecule has 0 heterocycles. The fourth-order valence-electron chi connectivity index (χ4n) is 2.15. The molecule has 0 aromatic carbocycles. The number of hydrogen-bond acceptors (Lipinski definition) is 3. The van der Waals surface area contributed by atoms with Crippen molar-refractivity contribution in [2.75, 3.05) is 0 Å². The minimum Gasteiger partial charge on any atom is -0.481 e. The standard InChI is InChI=1S/C12H22O3S/c1-7-4-5-10(12(14)15)11(6-7)16-9(3)8(2)13/h7-11,13H,4-6H2,1-3H3,(H,14,15). The van der Waals surface area contributed by atoms with Crippen LogP contribution in [0.25, 0.3) is 0 Å². The van der Waals surface area contributed by atoms with Gasteiger partial charge < -0.3 is 10.2 Å². The van der Waals surface area contributed by atoms with Crippen LogP contribution in [0.1, 0.15) is 40.0 Å². The lowest BCUT2D eigenvalue weighted by molar-refractivity contribution is -0.142. The molecule has 1 rings (SSSR count). The summed E-state index contributed by atoms with van der Waals surface area (Å²) in [7, 11) is 0. The molecule has 0 spiro atoms. The Morgan fingerprint density at radius 2 is 2.00 bits per heavy atom. The van der Waals surface area contributed by atoms with Gasteiger partial charge >= 0.3 is 5.97 Å². The molecule has 1 aliphatic carbocycles. The van der Waals surface area contributed by atoms with Gasteiger partial charge in [0.25, 0.3) is 0 Å². The lowest BCUT2D eigenvalue weighted by Gasteiger charge is -2.34. The van der Waals surface area contributed by atoms with Gasteiger partial charge in [0.05, 0.1) is 12.0 Å². The summed E-state index contributed by atoms with van der Waals surface area (Å²) in [5, 5.41) is 18.9. The summed E-state index contributed by atoms with van der Waals surface area (Å²) in [5.41, 5.74) is 0. The molecule has 0 aliphatic heterocycles. The first-order valence-electron chi connectivity index (χ1n) is 5.98. The van der Waals surface area contributed by atoms with Gasteiger partial charge in [-0.3, -0.25) is 4.79 Å². The quantitative estimate of drug-likeness (QED) is 0.799. The van der Waals surface area contributed by atoms with E-state index in [1.54, 1.807) is 18.7 Å². The van der Waals surface area contributed by atoms with E-state index in [9.17, 15) is 15.0 Å². The highest BCUT2D eigenvalue weighted by atomic mass is 32.2. The van der Waals surface area contributed by atoms with Crippen molar-refractivity contribution in [3.8, 4) is 0 Å². The molecule has 0 aromatic rings. The van der Waals surface area contributed by atoms with Crippen molar-refractivity contribution < 1.29 is 15.0 Å². The molecule has 0 amide bonds. The van der Waals surface area contributed by atoms with Crippen LogP contribution < -0.4 is 0 Å². The molecule has 0 bridgehead atoms. The van der Waals surface area contributed by atoms with E-state index in [-0.39, 0.29) is 22.5 Å². The van der Waals surface area contributed by atoms with Crippen LogP contribution in [-0.4, -0.2) is 32.8 Å². The van der Waals surface area contributed by atoms with Crippen molar-refractivity contribution >= 4 is 17.7 Å². The second-order valence-electron chi connectivity index (χ2n) is 4.98. The summed E-state index contributed by atoms with van der Waals surface area (Å²) < 4.78 is 0. The molecular formula is C12H22O3S. The van der Waals surface area contributed by atoms with Gasteiger partial charge in [-0.05, 0) is 32.1 Å². The Morgan fingerprint density at radius 3 is 2.50 bits per heavy atom. The SMILES string of the molecule is CC1CCC(C(=O)O)C(SC(C)C(C)O)C1. The van der Waals surface area contributed by atoms with Crippen LogP contribution in [0.15, 0.2) is 0 Å². The summed E-state index contributed by atoms with van der Waals surface area (Å²) in [6.45, 7) is 5.91. The van der Waals surface area contributed by atoms with Gasteiger partial charge in [-0.25, -0.2) is 0 Å². The number of carboxylic acids is 1. The van der Waals surface area contributed by atoms with Gasteiger partial charge in [-0.1, -0.05) is 13.8 Å². The molecule has 3 nitrogen and oxygen atoms in total. The minimum atomic E-state index is -0.679. The minimum absolute atomic E-state index is 0.108. The van der Waals surface area contributed by atoms with E-state index in [0.29, 0.717) is 5.92 Å². The van der Waals surface area contributed by atoms with Crippen molar-refractivity contribution in [1.82, 2.24) is 0 Å². The molecule has 16 heavy (non-hydrogen) atoms. The number of aliphatic hydroxyl groups excluding tert-OH is 1. The Hall–Kier alpha value is -0.220. The van der Waals surface area contributed by atoms with Crippen molar-refractivity contribution in [2.45, 2.75) is 56.6 Å². The smallest absolute Gasteiger partial charge is 0.307 e. The predicted octanol–water partition coefficient (Wildman–Crippen LogP) is 2.38. The zero-order chi connectivity index (χ0) is 12.3. The third-order valence-electron chi connectivity index (χ3n) is 3.44. The Morgan fingerprint density at radius 1 is 1.38 bits per heavy atom. The highest BCUT2D eigenvalue weighted by Gasteiger charge is 2.35. The third-order valence-corrected chi connectivity index (χ3v) is 5.13. The number of carboxylic acid groups (broad SMARTS) is 1. The second-order valence-corrected chi connectivity index (χ2v) is 6.60. The molecule has 1 saturated carbocycles. The summed E-state index contributed by atoms with van der Waals surface area (Å²) in [4.78, 5) is 11.1. The summed E-state index contributed by atoms with van der Waals surface area (Å²) in [5.74, 6) is -0.307. The zero-order valence-electron chi connectivity index (χ0n) is 10.2. The molecule has 0 saturated heterocycles. The van der Waals surface area contributed by atoms with Gasteiger partial charge in [0.2, 0.25) is 0 Å². The highest BCUT2D eigenvalue weighted by molar-refractivity contribution is 8.00. The average molecular weight is 246 g/mol. The third kappa shape index (κ3) is 3.67. The summed E-state index contributed by atoms with van der Waals surface area (Å²) in [6.07, 6.45) is 2.37. The second kappa shape index (κ2) is 5.92. The van der Waals surface area contributed by atoms with Gasteiger partial charge in [0, 0.05) is 10.5 Å². The van der Waals surface area contributed by atoms with Crippen molar-refractivity contribution in [3.05, 3.63) is 0 Å². The van der Waals surface area contributed by atoms with Crippen LogP contribution in [-0.2, 0) is 4.79 Å². The van der Waals surface area contributed by atoms with Crippen LogP contribution >= 0.6 is 11.8 Å². The van der Waals surface area contributed by atoms with Crippen molar-refractivity contribution in [1.29, 1.82) is 0 Å². The molecule has 1 aliphatic rings. The topological polar surface area (TPSA) is 57.5 Å². The largest absolute Gasteiger partial charge is 0.481 e. The van der Waals surface area contributed by atoms with E-state index in [2.05, 4.69) is 6.92 Å². The molecule has 5 atom stereocenters. The van der Waals surface area contributed by atoms with E-state index in [1.807, 2.05) is 6.92 Å². The van der Waals surface area contributed by atoms with Crippen LogP contribution in [0, 0.1) is 11.8 Å². The maximum absolute atomic E-state index is 11.1. The summed E-state index contributed by atoms with van der Waals surface area (Å²) in [6, 6.07) is 0. The van der Waals surface area contributed by atoms with Crippen LogP contribution in [0.3, 0.4) is 0 Å². The van der Waals surface area contributed by atoms with Gasteiger partial charge in [-0.2, -0.15) is 11.8 Å². The van der Waals surface area contributed by atoms with Crippen LogP contribution in [0.5, 0.6) is 0 Å². The number of carbonyl (C=O) groups is 1. The van der Waals surface area contributed by atoms with Gasteiger partial charge in [0.15, 0.2) is 0 Å². The lowest BCUT2D eigenvalue weighted by Crippen LogP contribution is -2.34. The van der Waals surface area contributed by atoms with E-state index < -0.39 is 5.97 Å². The fraction of sp³-hybridized carbons (Fsp3) is 0.917. The fourth-order valence-corrected chi connectivity index (χ4v) is 3.81. The maximum atomic E-state index is 11.1. The van der Waals surface area contributed by atoms with Crippen molar-refractivity contribution in [2.24, 2.45) is 11.8 Å². The molecule has 94 valence electrons. The van der Waals surface area contributed by atoms with E-state index in [1.165, 1.54) is 0 Å². The maximum Gasteiger partial charge on any atom is 0.307 e. The predicted molar refractivity (Wildman–Crippen MR) is 66.7 cm³/mol. The Balaban J connectivity index is 2.61. The first-order chi connectivity index (χ1) is 7.41. The van der Waals surface area contributed by atoms with Crippen molar-refractivity contribution in [3.63, 3.8) is 0 Å². The Labute approximate surface area is 102 Å². The number of aliphatic hydroxyl groups is 1. The van der Waals surface area contributed by atoms with Crippen LogP contribution in [0.4, 0.5) is 0 Å². The van der Waals surface area contributed by atoms with E-state index in [4.69, 9.17) is 0 Å². The number of hydrogen-bond donors (Lipinski definition) is 2. The first kappa shape index (κ1) is 13.8. The van der Waals surface area contributed by atoms with Gasteiger partial charge in [0.1, 0.15) is 0 Å². The molecule has 2 N–H and O–H groups in total. The molecule has 0 aromatic heterocycles. The molecule has 4 heteroatoms. The van der Waals surface area contributed by atoms with E-state index in [0.717, 1.165) is 19.3 Å². The lowest BCUT2D eigenvalue weighted by atomic mass is 9.82. The van der Waals surface area contributed by atoms with Gasteiger partial charge in [-0.15, -0.1) is 0 Å². The Bertz CT molecular complexity index is 242. The molecule has 0 radical (unpaired) electrons. The Kier molecular flexibility index (Phi) is 5.12. The molecule has 1 fully saturated rings. The average Bonchev–Trinajstić information content (AvgIpc) is 2.16. The molecular weight excluding hydrogens is 224 g/mol. The highest BCUT2D eigenvalue weighted by Crippen LogP contribution is 2.38. The number of thioether (sulfide) groups is 1. The zero-order valence-corrected chi connectivity index (χ0v) is 11.0. The molecule has 5 unspecified atom stereocenters. The summed E-state index contributed by atoms with van der Waals surface area (Å²) >= 11 is 1.64.